The van der Waals surface area contributed by atoms with Crippen LogP contribution < -0.4 is 10.6 Å². The van der Waals surface area contributed by atoms with Crippen molar-refractivity contribution in [2.45, 2.75) is 18.4 Å². The Kier molecular flexibility index (Phi) is 6.99. The van der Waals surface area contributed by atoms with E-state index >= 15 is 0 Å². The summed E-state index contributed by atoms with van der Waals surface area (Å²) in [6.07, 6.45) is 1.37. The summed E-state index contributed by atoms with van der Waals surface area (Å²) < 4.78 is 5.35. The highest BCUT2D eigenvalue weighted by molar-refractivity contribution is 6.29. The lowest BCUT2D eigenvalue weighted by Gasteiger charge is -2.34. The Morgan fingerprint density at radius 3 is 2.56 bits per heavy atom. The zero-order valence-electron chi connectivity index (χ0n) is 9.35. The fourth-order valence-corrected chi connectivity index (χ4v) is 1.76. The number of halogens is 2. The van der Waals surface area contributed by atoms with Crippen molar-refractivity contribution in [2.75, 3.05) is 26.7 Å². The second-order valence-electron chi connectivity index (χ2n) is 3.65. The van der Waals surface area contributed by atoms with Gasteiger partial charge in [-0.3, -0.25) is 4.79 Å². The van der Waals surface area contributed by atoms with Gasteiger partial charge in [0.05, 0.1) is 6.54 Å². The summed E-state index contributed by atoms with van der Waals surface area (Å²) in [6, 6.07) is 0. The molecule has 1 amide bonds. The van der Waals surface area contributed by atoms with E-state index in [1.165, 1.54) is 0 Å². The van der Waals surface area contributed by atoms with Gasteiger partial charge in [0.2, 0.25) is 0 Å². The van der Waals surface area contributed by atoms with Crippen LogP contribution in [-0.4, -0.2) is 38.3 Å². The van der Waals surface area contributed by atoms with Crippen LogP contribution in [0, 0.1) is 0 Å². The zero-order valence-corrected chi connectivity index (χ0v) is 10.9. The lowest BCUT2D eigenvalue weighted by Crippen LogP contribution is -2.54. The van der Waals surface area contributed by atoms with Gasteiger partial charge in [-0.05, 0) is 25.9 Å². The Morgan fingerprint density at radius 2 is 2.12 bits per heavy atom. The average Bonchev–Trinajstić information content (AvgIpc) is 2.26. The Labute approximate surface area is 107 Å². The van der Waals surface area contributed by atoms with Gasteiger partial charge < -0.3 is 15.4 Å². The molecule has 1 heterocycles. The van der Waals surface area contributed by atoms with E-state index < -0.39 is 5.60 Å². The number of rotatable bonds is 4. The number of carbonyl (C=O) groups excluding carboxylic acids is 1. The molecule has 94 valence electrons. The van der Waals surface area contributed by atoms with E-state index in [2.05, 4.69) is 17.2 Å². The van der Waals surface area contributed by atoms with E-state index in [4.69, 9.17) is 16.3 Å². The molecule has 0 aromatic carbocycles. The van der Waals surface area contributed by atoms with Crippen molar-refractivity contribution in [3.63, 3.8) is 0 Å². The minimum Gasteiger partial charge on any atom is -0.368 e. The Hall–Kier alpha value is -0.290. The number of carbonyl (C=O) groups is 1. The van der Waals surface area contributed by atoms with E-state index in [0.29, 0.717) is 24.4 Å². The first-order valence-corrected chi connectivity index (χ1v) is 5.36. The van der Waals surface area contributed by atoms with Gasteiger partial charge in [0.25, 0.3) is 5.91 Å². The highest BCUT2D eigenvalue weighted by Crippen LogP contribution is 2.22. The van der Waals surface area contributed by atoms with Crippen LogP contribution in [0.15, 0.2) is 11.6 Å². The van der Waals surface area contributed by atoms with Crippen molar-refractivity contribution < 1.29 is 9.53 Å². The molecule has 0 spiro atoms. The van der Waals surface area contributed by atoms with Crippen molar-refractivity contribution in [3.05, 3.63) is 11.6 Å². The number of hydrogen-bond acceptors (Lipinski definition) is 3. The molecule has 6 heteroatoms. The molecule has 4 nitrogen and oxygen atoms in total. The number of ether oxygens (including phenoxy) is 1. The van der Waals surface area contributed by atoms with E-state index in [0.717, 1.165) is 13.1 Å². The Balaban J connectivity index is 0.00000225. The van der Waals surface area contributed by atoms with Crippen LogP contribution in [0.4, 0.5) is 0 Å². The first-order chi connectivity index (χ1) is 7.10. The van der Waals surface area contributed by atoms with Crippen LogP contribution >= 0.6 is 24.0 Å². The first-order valence-electron chi connectivity index (χ1n) is 4.98. The third kappa shape index (κ3) is 3.94. The number of hydrogen-bond donors (Lipinski definition) is 2. The zero-order chi connectivity index (χ0) is 11.3. The molecule has 2 N–H and O–H groups in total. The van der Waals surface area contributed by atoms with Crippen molar-refractivity contribution in [1.29, 1.82) is 0 Å². The fraction of sp³-hybridized carbons (Fsp3) is 0.700. The quantitative estimate of drug-likeness (QED) is 0.802. The first kappa shape index (κ1) is 15.7. The molecule has 0 unspecified atom stereocenters. The number of methoxy groups -OCH3 is 1. The number of nitrogens with one attached hydrogen (secondary N) is 2. The maximum atomic E-state index is 11.9. The summed E-state index contributed by atoms with van der Waals surface area (Å²) in [6.45, 7) is 5.40. The van der Waals surface area contributed by atoms with Crippen LogP contribution in [0.2, 0.25) is 0 Å². The molecule has 1 saturated heterocycles. The van der Waals surface area contributed by atoms with Crippen molar-refractivity contribution in [2.24, 2.45) is 0 Å². The lowest BCUT2D eigenvalue weighted by molar-refractivity contribution is -0.146. The number of amides is 1. The van der Waals surface area contributed by atoms with Gasteiger partial charge in [-0.15, -0.1) is 12.4 Å². The minimum absolute atomic E-state index is 0. The van der Waals surface area contributed by atoms with Gasteiger partial charge in [-0.1, -0.05) is 18.2 Å². The lowest BCUT2D eigenvalue weighted by atomic mass is 9.91. The monoisotopic (exact) mass is 268 g/mol. The summed E-state index contributed by atoms with van der Waals surface area (Å²) in [5.74, 6) is -0.103. The van der Waals surface area contributed by atoms with Crippen LogP contribution in [0.3, 0.4) is 0 Å². The molecule has 0 radical (unpaired) electrons. The summed E-state index contributed by atoms with van der Waals surface area (Å²) in [5.41, 5.74) is -0.697. The van der Waals surface area contributed by atoms with Crippen LogP contribution in [0.25, 0.3) is 0 Å². The summed E-state index contributed by atoms with van der Waals surface area (Å²) in [4.78, 5) is 11.9. The van der Waals surface area contributed by atoms with Gasteiger partial charge in [-0.25, -0.2) is 0 Å². The van der Waals surface area contributed by atoms with E-state index in [1.54, 1.807) is 7.11 Å². The van der Waals surface area contributed by atoms with Gasteiger partial charge >= 0.3 is 0 Å². The predicted octanol–water partition coefficient (Wildman–Crippen LogP) is 1.05. The third-order valence-corrected chi connectivity index (χ3v) is 2.79. The minimum atomic E-state index is -0.697. The fourth-order valence-electron chi connectivity index (χ4n) is 1.69. The summed E-state index contributed by atoms with van der Waals surface area (Å²) in [7, 11) is 1.57. The average molecular weight is 269 g/mol. The third-order valence-electron chi connectivity index (χ3n) is 2.66. The Morgan fingerprint density at radius 1 is 1.56 bits per heavy atom. The van der Waals surface area contributed by atoms with Gasteiger partial charge in [-0.2, -0.15) is 0 Å². The topological polar surface area (TPSA) is 50.4 Å². The maximum Gasteiger partial charge on any atom is 0.252 e. The second-order valence-corrected chi connectivity index (χ2v) is 4.18. The molecule has 0 atom stereocenters. The molecular formula is C10H18Cl2N2O2. The van der Waals surface area contributed by atoms with Gasteiger partial charge in [0, 0.05) is 12.1 Å². The number of piperidine rings is 1. The van der Waals surface area contributed by atoms with Crippen LogP contribution in [0.1, 0.15) is 12.8 Å². The van der Waals surface area contributed by atoms with Gasteiger partial charge in [0.15, 0.2) is 0 Å². The largest absolute Gasteiger partial charge is 0.368 e. The molecular weight excluding hydrogens is 251 g/mol. The molecule has 1 rings (SSSR count). The maximum absolute atomic E-state index is 11.9. The van der Waals surface area contributed by atoms with Crippen molar-refractivity contribution >= 4 is 29.9 Å². The second kappa shape index (κ2) is 7.12. The highest BCUT2D eigenvalue weighted by atomic mass is 35.5. The molecule has 0 aliphatic carbocycles. The van der Waals surface area contributed by atoms with Crippen LogP contribution in [-0.2, 0) is 9.53 Å². The van der Waals surface area contributed by atoms with Crippen LogP contribution in [0.5, 0.6) is 0 Å². The normalized spacial score (nSPS) is 18.4. The van der Waals surface area contributed by atoms with Crippen molar-refractivity contribution in [1.82, 2.24) is 10.6 Å². The smallest absolute Gasteiger partial charge is 0.252 e. The standard InChI is InChI=1S/C10H17ClN2O2.ClH/c1-8(11)7-13-9(14)10(15-2)3-5-12-6-4-10;/h12H,1,3-7H2,2H3,(H,13,14);1H. The molecule has 0 bridgehead atoms. The summed E-state index contributed by atoms with van der Waals surface area (Å²) >= 11 is 5.59. The van der Waals surface area contributed by atoms with E-state index in [-0.39, 0.29) is 18.3 Å². The highest BCUT2D eigenvalue weighted by Gasteiger charge is 2.39. The molecule has 0 saturated carbocycles. The SMILES string of the molecule is C=C(Cl)CNC(=O)C1(OC)CCNCC1.Cl. The van der Waals surface area contributed by atoms with Crippen molar-refractivity contribution in [3.8, 4) is 0 Å². The predicted molar refractivity (Wildman–Crippen MR) is 67.1 cm³/mol. The van der Waals surface area contributed by atoms with E-state index in [9.17, 15) is 4.79 Å². The molecule has 1 fully saturated rings. The Bertz CT molecular complexity index is 253. The molecule has 16 heavy (non-hydrogen) atoms. The summed E-state index contributed by atoms with van der Waals surface area (Å²) in [5, 5.41) is 6.33. The molecule has 0 aromatic heterocycles. The molecule has 1 aliphatic heterocycles. The van der Waals surface area contributed by atoms with Gasteiger partial charge in [0.1, 0.15) is 5.60 Å². The van der Waals surface area contributed by atoms with E-state index in [1.807, 2.05) is 0 Å². The molecule has 1 aliphatic rings. The molecule has 0 aromatic rings.